The average molecular weight is 200 g/mol. The van der Waals surface area contributed by atoms with E-state index in [1.165, 1.54) is 38.5 Å². The molecule has 0 aliphatic heterocycles. The lowest BCUT2D eigenvalue weighted by molar-refractivity contribution is 0.264. The summed E-state index contributed by atoms with van der Waals surface area (Å²) in [6.07, 6.45) is 8.99. The van der Waals surface area contributed by atoms with Crippen molar-refractivity contribution in [1.82, 2.24) is 0 Å². The van der Waals surface area contributed by atoms with Gasteiger partial charge in [0.1, 0.15) is 0 Å². The summed E-state index contributed by atoms with van der Waals surface area (Å²) in [5.41, 5.74) is 0. The number of unbranched alkanes of at least 4 members (excludes halogenated alkanes) is 2. The van der Waals surface area contributed by atoms with Crippen LogP contribution in [0, 0.1) is 11.8 Å². The second-order valence-corrected chi connectivity index (χ2v) is 4.81. The molecule has 0 aromatic rings. The molecule has 0 radical (unpaired) electrons. The Hall–Kier alpha value is -0.0400. The van der Waals surface area contributed by atoms with Crippen molar-refractivity contribution >= 4 is 0 Å². The van der Waals surface area contributed by atoms with E-state index < -0.39 is 0 Å². The molecule has 2 unspecified atom stereocenters. The van der Waals surface area contributed by atoms with Crippen LogP contribution in [0.5, 0.6) is 0 Å². The van der Waals surface area contributed by atoms with Crippen molar-refractivity contribution in [1.29, 1.82) is 0 Å². The Morgan fingerprint density at radius 3 is 2.00 bits per heavy atom. The molecule has 14 heavy (non-hydrogen) atoms. The summed E-state index contributed by atoms with van der Waals surface area (Å²) in [5.74, 6) is 1.66. The van der Waals surface area contributed by atoms with Crippen molar-refractivity contribution < 1.29 is 5.11 Å². The summed E-state index contributed by atoms with van der Waals surface area (Å²) in [6, 6.07) is 0. The van der Waals surface area contributed by atoms with Gasteiger partial charge in [0.15, 0.2) is 0 Å². The molecule has 1 heteroatoms. The molecule has 0 aliphatic rings. The van der Waals surface area contributed by atoms with E-state index in [4.69, 9.17) is 5.11 Å². The predicted molar refractivity (Wildman–Crippen MR) is 63.4 cm³/mol. The minimum atomic E-state index is 0.356. The molecule has 2 atom stereocenters. The van der Waals surface area contributed by atoms with Crippen LogP contribution in [-0.4, -0.2) is 11.7 Å². The topological polar surface area (TPSA) is 20.2 Å². The van der Waals surface area contributed by atoms with Crippen LogP contribution in [0.15, 0.2) is 0 Å². The van der Waals surface area contributed by atoms with Crippen LogP contribution in [-0.2, 0) is 0 Å². The average Bonchev–Trinajstić information content (AvgIpc) is 2.15. The molecular formula is C13H28O. The number of hydrogen-bond donors (Lipinski definition) is 1. The number of aliphatic hydroxyl groups is 1. The van der Waals surface area contributed by atoms with Crippen LogP contribution in [0.3, 0.4) is 0 Å². The van der Waals surface area contributed by atoms with Crippen molar-refractivity contribution in [3.8, 4) is 0 Å². The molecule has 0 fully saturated rings. The molecule has 1 nitrogen and oxygen atoms in total. The molecule has 0 spiro atoms. The predicted octanol–water partition coefficient (Wildman–Crippen LogP) is 4.00. The lowest BCUT2D eigenvalue weighted by Crippen LogP contribution is -2.04. The third kappa shape index (κ3) is 8.55. The van der Waals surface area contributed by atoms with E-state index in [-0.39, 0.29) is 0 Å². The van der Waals surface area contributed by atoms with Crippen LogP contribution in [0.4, 0.5) is 0 Å². The Kier molecular flexibility index (Phi) is 9.49. The SMILES string of the molecule is CCCCCC(C)CC(C)CCCO. The highest BCUT2D eigenvalue weighted by atomic mass is 16.2. The molecule has 0 aromatic heterocycles. The summed E-state index contributed by atoms with van der Waals surface area (Å²) < 4.78 is 0. The minimum absolute atomic E-state index is 0.356. The van der Waals surface area contributed by atoms with Crippen molar-refractivity contribution in [3.05, 3.63) is 0 Å². The van der Waals surface area contributed by atoms with Crippen LogP contribution < -0.4 is 0 Å². The van der Waals surface area contributed by atoms with Crippen molar-refractivity contribution in [2.75, 3.05) is 6.61 Å². The van der Waals surface area contributed by atoms with Gasteiger partial charge in [0.25, 0.3) is 0 Å². The Morgan fingerprint density at radius 1 is 0.929 bits per heavy atom. The zero-order chi connectivity index (χ0) is 10.8. The van der Waals surface area contributed by atoms with Gasteiger partial charge < -0.3 is 5.11 Å². The maximum atomic E-state index is 8.72. The van der Waals surface area contributed by atoms with Crippen molar-refractivity contribution in [3.63, 3.8) is 0 Å². The molecule has 1 N–H and O–H groups in total. The molecule has 0 saturated carbocycles. The highest BCUT2D eigenvalue weighted by Gasteiger charge is 2.07. The molecule has 0 aliphatic carbocycles. The minimum Gasteiger partial charge on any atom is -0.396 e. The third-order valence-electron chi connectivity index (χ3n) is 2.96. The molecule has 0 rings (SSSR count). The van der Waals surface area contributed by atoms with Crippen LogP contribution in [0.25, 0.3) is 0 Å². The van der Waals surface area contributed by atoms with Gasteiger partial charge in [-0.1, -0.05) is 46.5 Å². The Balaban J connectivity index is 3.35. The highest BCUT2D eigenvalue weighted by Crippen LogP contribution is 2.21. The molecule has 0 heterocycles. The number of aliphatic hydroxyl groups excluding tert-OH is 1. The van der Waals surface area contributed by atoms with Gasteiger partial charge in [-0.25, -0.2) is 0 Å². The zero-order valence-corrected chi connectivity index (χ0v) is 10.3. The van der Waals surface area contributed by atoms with Gasteiger partial charge in [0.05, 0.1) is 0 Å². The van der Waals surface area contributed by atoms with Gasteiger partial charge in [-0.15, -0.1) is 0 Å². The number of hydrogen-bond acceptors (Lipinski definition) is 1. The summed E-state index contributed by atoms with van der Waals surface area (Å²) in [6.45, 7) is 7.29. The first kappa shape index (κ1) is 14.0. The van der Waals surface area contributed by atoms with Gasteiger partial charge >= 0.3 is 0 Å². The van der Waals surface area contributed by atoms with Crippen molar-refractivity contribution in [2.24, 2.45) is 11.8 Å². The van der Waals surface area contributed by atoms with E-state index in [1.807, 2.05) is 0 Å². The monoisotopic (exact) mass is 200 g/mol. The van der Waals surface area contributed by atoms with E-state index in [1.54, 1.807) is 0 Å². The van der Waals surface area contributed by atoms with Gasteiger partial charge in [0, 0.05) is 6.61 Å². The van der Waals surface area contributed by atoms with Crippen molar-refractivity contribution in [2.45, 2.75) is 65.7 Å². The van der Waals surface area contributed by atoms with E-state index in [0.29, 0.717) is 6.61 Å². The Labute approximate surface area is 89.9 Å². The maximum Gasteiger partial charge on any atom is 0.0431 e. The first-order valence-electron chi connectivity index (χ1n) is 6.31. The molecule has 0 aromatic carbocycles. The van der Waals surface area contributed by atoms with Crippen LogP contribution in [0.2, 0.25) is 0 Å². The van der Waals surface area contributed by atoms with Crippen LogP contribution >= 0.6 is 0 Å². The fourth-order valence-corrected chi connectivity index (χ4v) is 2.11. The largest absolute Gasteiger partial charge is 0.396 e. The van der Waals surface area contributed by atoms with Gasteiger partial charge in [-0.3, -0.25) is 0 Å². The standard InChI is InChI=1S/C13H28O/c1-4-5-6-8-12(2)11-13(3)9-7-10-14/h12-14H,4-11H2,1-3H3. The second-order valence-electron chi connectivity index (χ2n) is 4.81. The van der Waals surface area contributed by atoms with E-state index in [2.05, 4.69) is 20.8 Å². The molecule has 0 saturated heterocycles. The fourth-order valence-electron chi connectivity index (χ4n) is 2.11. The smallest absolute Gasteiger partial charge is 0.0431 e. The quantitative estimate of drug-likeness (QED) is 0.558. The van der Waals surface area contributed by atoms with Gasteiger partial charge in [-0.05, 0) is 31.1 Å². The Bertz CT molecular complexity index is 112. The molecule has 86 valence electrons. The van der Waals surface area contributed by atoms with Gasteiger partial charge in [0.2, 0.25) is 0 Å². The number of rotatable bonds is 9. The normalized spacial score (nSPS) is 15.4. The molecule has 0 amide bonds. The second kappa shape index (κ2) is 9.51. The summed E-state index contributed by atoms with van der Waals surface area (Å²) in [4.78, 5) is 0. The van der Waals surface area contributed by atoms with Gasteiger partial charge in [-0.2, -0.15) is 0 Å². The summed E-state index contributed by atoms with van der Waals surface area (Å²) >= 11 is 0. The van der Waals surface area contributed by atoms with Crippen LogP contribution in [0.1, 0.15) is 65.7 Å². The fraction of sp³-hybridized carbons (Fsp3) is 1.00. The Morgan fingerprint density at radius 2 is 1.50 bits per heavy atom. The van der Waals surface area contributed by atoms with E-state index in [0.717, 1.165) is 18.3 Å². The van der Waals surface area contributed by atoms with E-state index in [9.17, 15) is 0 Å². The zero-order valence-electron chi connectivity index (χ0n) is 10.3. The summed E-state index contributed by atoms with van der Waals surface area (Å²) in [5, 5.41) is 8.72. The lowest BCUT2D eigenvalue weighted by Gasteiger charge is -2.16. The third-order valence-corrected chi connectivity index (χ3v) is 2.96. The first-order chi connectivity index (χ1) is 6.70. The maximum absolute atomic E-state index is 8.72. The summed E-state index contributed by atoms with van der Waals surface area (Å²) in [7, 11) is 0. The highest BCUT2D eigenvalue weighted by molar-refractivity contribution is 4.60. The first-order valence-corrected chi connectivity index (χ1v) is 6.31. The molecular weight excluding hydrogens is 172 g/mol. The van der Waals surface area contributed by atoms with E-state index >= 15 is 0 Å². The lowest BCUT2D eigenvalue weighted by atomic mass is 9.90. The molecule has 0 bridgehead atoms.